The van der Waals surface area contributed by atoms with E-state index < -0.39 is 15.6 Å². The van der Waals surface area contributed by atoms with Crippen LogP contribution in [0.3, 0.4) is 0 Å². The van der Waals surface area contributed by atoms with Crippen molar-refractivity contribution >= 4 is 21.4 Å². The van der Waals surface area contributed by atoms with Crippen LogP contribution < -0.4 is 10.5 Å². The summed E-state index contributed by atoms with van der Waals surface area (Å²) in [6.45, 7) is 1.40. The molecule has 1 saturated heterocycles. The van der Waals surface area contributed by atoms with Gasteiger partial charge in [-0.3, -0.25) is 0 Å². The lowest BCUT2D eigenvalue weighted by atomic mass is 10.0. The molecule has 6 nitrogen and oxygen atoms in total. The summed E-state index contributed by atoms with van der Waals surface area (Å²) in [7, 11) is -1.98. The minimum absolute atomic E-state index is 0.200. The van der Waals surface area contributed by atoms with Crippen LogP contribution in [-0.4, -0.2) is 40.9 Å². The molecule has 2 rings (SSSR count). The Hall–Kier alpha value is -0.510. The number of hydrogen-bond acceptors (Lipinski definition) is 6. The zero-order chi connectivity index (χ0) is 13.9. The molecular weight excluding hydrogens is 288 g/mol. The lowest BCUT2D eigenvalue weighted by molar-refractivity contribution is -0.0120. The molecule has 1 aromatic heterocycles. The van der Waals surface area contributed by atoms with Gasteiger partial charge in [-0.1, -0.05) is 0 Å². The van der Waals surface area contributed by atoms with Crippen LogP contribution >= 0.6 is 11.3 Å². The molecule has 2 heterocycles. The lowest BCUT2D eigenvalue weighted by Gasteiger charge is -2.25. The Labute approximate surface area is 116 Å². The summed E-state index contributed by atoms with van der Waals surface area (Å²) < 4.78 is 37.7. The average molecular weight is 306 g/mol. The standard InChI is InChI=1S/C11H18N2O4S2/c1-16-11(3-4-17-8-11)7-13-19(14,15)10-2-5-18-9(10)6-12/h2,5,13H,3-4,6-8,12H2,1H3. The second kappa shape index (κ2) is 5.86. The van der Waals surface area contributed by atoms with Gasteiger partial charge >= 0.3 is 0 Å². The highest BCUT2D eigenvalue weighted by atomic mass is 32.2. The van der Waals surface area contributed by atoms with Gasteiger partial charge in [0.25, 0.3) is 0 Å². The first-order chi connectivity index (χ1) is 9.03. The van der Waals surface area contributed by atoms with E-state index in [1.807, 2.05) is 0 Å². The SMILES string of the molecule is COC1(CNS(=O)(=O)c2ccsc2CN)CCOC1. The molecule has 0 radical (unpaired) electrons. The van der Waals surface area contributed by atoms with Crippen LogP contribution in [0.25, 0.3) is 0 Å². The van der Waals surface area contributed by atoms with Gasteiger partial charge in [-0.25, -0.2) is 13.1 Å². The monoisotopic (exact) mass is 306 g/mol. The van der Waals surface area contributed by atoms with Gasteiger partial charge in [0, 0.05) is 38.1 Å². The van der Waals surface area contributed by atoms with Gasteiger partial charge in [-0.2, -0.15) is 0 Å². The van der Waals surface area contributed by atoms with E-state index in [1.54, 1.807) is 18.6 Å². The van der Waals surface area contributed by atoms with E-state index in [1.165, 1.54) is 11.3 Å². The molecule has 0 saturated carbocycles. The van der Waals surface area contributed by atoms with Crippen LogP contribution in [0.15, 0.2) is 16.3 Å². The van der Waals surface area contributed by atoms with Crippen molar-refractivity contribution < 1.29 is 17.9 Å². The topological polar surface area (TPSA) is 90.7 Å². The van der Waals surface area contributed by atoms with Crippen LogP contribution in [0, 0.1) is 0 Å². The van der Waals surface area contributed by atoms with E-state index in [4.69, 9.17) is 15.2 Å². The third-order valence-corrected chi connectivity index (χ3v) is 5.82. The predicted molar refractivity (Wildman–Crippen MR) is 72.6 cm³/mol. The molecule has 1 fully saturated rings. The fraction of sp³-hybridized carbons (Fsp3) is 0.636. The van der Waals surface area contributed by atoms with E-state index in [2.05, 4.69) is 4.72 Å². The van der Waals surface area contributed by atoms with Crippen molar-refractivity contribution in [1.82, 2.24) is 4.72 Å². The summed E-state index contributed by atoms with van der Waals surface area (Å²) >= 11 is 1.34. The van der Waals surface area contributed by atoms with E-state index >= 15 is 0 Å². The molecular formula is C11H18N2O4S2. The summed E-state index contributed by atoms with van der Waals surface area (Å²) in [5.41, 5.74) is 4.97. The maximum Gasteiger partial charge on any atom is 0.241 e. The molecule has 108 valence electrons. The molecule has 0 amide bonds. The number of nitrogens with two attached hydrogens (primary N) is 1. The normalized spacial score (nSPS) is 23.9. The molecule has 0 aromatic carbocycles. The average Bonchev–Trinajstić information content (AvgIpc) is 3.06. The van der Waals surface area contributed by atoms with Gasteiger partial charge in [0.2, 0.25) is 10.0 Å². The number of hydrogen-bond donors (Lipinski definition) is 2. The molecule has 1 unspecified atom stereocenters. The summed E-state index contributed by atoms with van der Waals surface area (Å²) in [5, 5.41) is 1.72. The Morgan fingerprint density at radius 3 is 3.00 bits per heavy atom. The van der Waals surface area contributed by atoms with Gasteiger partial charge in [0.1, 0.15) is 5.60 Å². The highest BCUT2D eigenvalue weighted by molar-refractivity contribution is 7.89. The van der Waals surface area contributed by atoms with E-state index in [9.17, 15) is 8.42 Å². The number of sulfonamides is 1. The van der Waals surface area contributed by atoms with Crippen LogP contribution in [-0.2, 0) is 26.0 Å². The van der Waals surface area contributed by atoms with Crippen molar-refractivity contribution in [1.29, 1.82) is 0 Å². The second-order valence-corrected chi connectivity index (χ2v) is 7.16. The number of nitrogens with one attached hydrogen (secondary N) is 1. The van der Waals surface area contributed by atoms with Crippen molar-refractivity contribution in [3.05, 3.63) is 16.3 Å². The quantitative estimate of drug-likeness (QED) is 0.788. The van der Waals surface area contributed by atoms with Crippen molar-refractivity contribution in [3.63, 3.8) is 0 Å². The van der Waals surface area contributed by atoms with Crippen LogP contribution in [0.4, 0.5) is 0 Å². The number of thiophene rings is 1. The lowest BCUT2D eigenvalue weighted by Crippen LogP contribution is -2.45. The predicted octanol–water partition coefficient (Wildman–Crippen LogP) is 0.291. The van der Waals surface area contributed by atoms with Gasteiger partial charge in [0.05, 0.1) is 11.5 Å². The fourth-order valence-corrected chi connectivity index (χ4v) is 4.43. The van der Waals surface area contributed by atoms with Crippen LogP contribution in [0.1, 0.15) is 11.3 Å². The maximum atomic E-state index is 12.2. The smallest absolute Gasteiger partial charge is 0.241 e. The van der Waals surface area contributed by atoms with Crippen molar-refractivity contribution in [2.24, 2.45) is 5.73 Å². The van der Waals surface area contributed by atoms with E-state index in [0.717, 1.165) is 0 Å². The summed E-state index contributed by atoms with van der Waals surface area (Å²) in [6.07, 6.45) is 0.680. The number of ether oxygens (including phenoxy) is 2. The first-order valence-corrected chi connectivity index (χ1v) is 8.28. The number of methoxy groups -OCH3 is 1. The zero-order valence-corrected chi connectivity index (χ0v) is 12.4. The maximum absolute atomic E-state index is 12.2. The molecule has 1 atom stereocenters. The minimum Gasteiger partial charge on any atom is -0.378 e. The highest BCUT2D eigenvalue weighted by Crippen LogP contribution is 2.24. The first kappa shape index (κ1) is 14.9. The molecule has 0 bridgehead atoms. The molecule has 1 aromatic rings. The Balaban J connectivity index is 2.10. The first-order valence-electron chi connectivity index (χ1n) is 5.92. The van der Waals surface area contributed by atoms with Gasteiger partial charge in [-0.05, 0) is 11.4 Å². The summed E-state index contributed by atoms with van der Waals surface area (Å²) in [4.78, 5) is 0.909. The zero-order valence-electron chi connectivity index (χ0n) is 10.7. The molecule has 3 N–H and O–H groups in total. The second-order valence-electron chi connectivity index (χ2n) is 4.43. The van der Waals surface area contributed by atoms with Gasteiger partial charge < -0.3 is 15.2 Å². The summed E-state index contributed by atoms with van der Waals surface area (Å²) in [6, 6.07) is 1.57. The Morgan fingerprint density at radius 1 is 1.63 bits per heavy atom. The van der Waals surface area contributed by atoms with Crippen LogP contribution in [0.2, 0.25) is 0 Å². The molecule has 0 spiro atoms. The van der Waals surface area contributed by atoms with Gasteiger partial charge in [-0.15, -0.1) is 11.3 Å². The van der Waals surface area contributed by atoms with Crippen LogP contribution in [0.5, 0.6) is 0 Å². The minimum atomic E-state index is -3.55. The van der Waals surface area contributed by atoms with Crippen molar-refractivity contribution in [3.8, 4) is 0 Å². The molecule has 19 heavy (non-hydrogen) atoms. The number of rotatable bonds is 6. The third-order valence-electron chi connectivity index (χ3n) is 3.26. The van der Waals surface area contributed by atoms with Crippen molar-refractivity contribution in [2.75, 3.05) is 26.9 Å². The molecule has 1 aliphatic heterocycles. The Kier molecular flexibility index (Phi) is 4.59. The highest BCUT2D eigenvalue weighted by Gasteiger charge is 2.36. The Bertz CT molecular complexity index is 521. The van der Waals surface area contributed by atoms with E-state index in [-0.39, 0.29) is 18.0 Å². The Morgan fingerprint density at radius 2 is 2.42 bits per heavy atom. The molecule has 0 aliphatic carbocycles. The van der Waals surface area contributed by atoms with E-state index in [0.29, 0.717) is 24.5 Å². The largest absolute Gasteiger partial charge is 0.378 e. The third kappa shape index (κ3) is 3.15. The molecule has 1 aliphatic rings. The fourth-order valence-electron chi connectivity index (χ4n) is 1.98. The van der Waals surface area contributed by atoms with Gasteiger partial charge in [0.15, 0.2) is 0 Å². The molecule has 8 heteroatoms. The van der Waals surface area contributed by atoms with Crippen molar-refractivity contribution in [2.45, 2.75) is 23.5 Å². The summed E-state index contributed by atoms with van der Waals surface area (Å²) in [5.74, 6) is 0.